The van der Waals surface area contributed by atoms with Gasteiger partial charge in [-0.25, -0.2) is 0 Å². The first-order valence-electron chi connectivity index (χ1n) is 6.81. The summed E-state index contributed by atoms with van der Waals surface area (Å²) in [6.07, 6.45) is 3.19. The summed E-state index contributed by atoms with van der Waals surface area (Å²) in [5.41, 5.74) is 2.31. The summed E-state index contributed by atoms with van der Waals surface area (Å²) in [4.78, 5) is 0. The smallest absolute Gasteiger partial charge is 0.130 e. The number of methoxy groups -OCH3 is 3. The van der Waals surface area contributed by atoms with Crippen LogP contribution in [-0.4, -0.2) is 41.0 Å². The average Bonchev–Trinajstić information content (AvgIpc) is 2.49. The Balaban J connectivity index is 2.59. The Morgan fingerprint density at radius 2 is 1.95 bits per heavy atom. The minimum atomic E-state index is 0.745. The predicted octanol–water partition coefficient (Wildman–Crippen LogP) is 2.73. The van der Waals surface area contributed by atoms with E-state index in [9.17, 15) is 0 Å². The Morgan fingerprint density at radius 3 is 2.60 bits per heavy atom. The highest BCUT2D eigenvalue weighted by molar-refractivity contribution is 5.69. The first-order chi connectivity index (χ1) is 9.72. The van der Waals surface area contributed by atoms with Crippen molar-refractivity contribution in [1.82, 2.24) is 5.32 Å². The van der Waals surface area contributed by atoms with Crippen LogP contribution in [0.1, 0.15) is 18.9 Å². The van der Waals surface area contributed by atoms with Crippen LogP contribution in [0.5, 0.6) is 11.5 Å². The zero-order valence-electron chi connectivity index (χ0n) is 12.9. The fourth-order valence-electron chi connectivity index (χ4n) is 1.92. The highest BCUT2D eigenvalue weighted by Crippen LogP contribution is 2.29. The third-order valence-electron chi connectivity index (χ3n) is 3.09. The normalized spacial score (nSPS) is 11.5. The highest BCUT2D eigenvalue weighted by Gasteiger charge is 2.06. The van der Waals surface area contributed by atoms with Crippen molar-refractivity contribution in [1.29, 1.82) is 0 Å². The zero-order valence-corrected chi connectivity index (χ0v) is 12.9. The molecule has 0 aliphatic heterocycles. The quantitative estimate of drug-likeness (QED) is 0.706. The van der Waals surface area contributed by atoms with Gasteiger partial charge in [-0.05, 0) is 37.6 Å². The summed E-state index contributed by atoms with van der Waals surface area (Å²) in [7, 11) is 5.04. The molecule has 1 aromatic rings. The maximum atomic E-state index is 5.42. The Bertz CT molecular complexity index is 430. The van der Waals surface area contributed by atoms with Gasteiger partial charge in [0, 0.05) is 25.3 Å². The van der Waals surface area contributed by atoms with Gasteiger partial charge >= 0.3 is 0 Å². The number of hydrogen-bond donors (Lipinski definition) is 1. The van der Waals surface area contributed by atoms with Gasteiger partial charge < -0.3 is 19.5 Å². The lowest BCUT2D eigenvalue weighted by molar-refractivity contribution is 0.199. The number of nitrogens with one attached hydrogen (secondary N) is 1. The predicted molar refractivity (Wildman–Crippen MR) is 82.6 cm³/mol. The molecule has 0 unspecified atom stereocenters. The van der Waals surface area contributed by atoms with Crippen molar-refractivity contribution in [2.75, 3.05) is 41.0 Å². The molecule has 0 radical (unpaired) electrons. The molecule has 0 atom stereocenters. The van der Waals surface area contributed by atoms with Crippen LogP contribution in [-0.2, 0) is 4.74 Å². The Kier molecular flexibility index (Phi) is 7.77. The molecular formula is C16H25NO3. The molecule has 0 bridgehead atoms. The van der Waals surface area contributed by atoms with Crippen LogP contribution in [0.2, 0.25) is 0 Å². The molecular weight excluding hydrogens is 254 g/mol. The van der Waals surface area contributed by atoms with E-state index in [-0.39, 0.29) is 0 Å². The van der Waals surface area contributed by atoms with E-state index < -0.39 is 0 Å². The molecule has 0 amide bonds. The van der Waals surface area contributed by atoms with Crippen LogP contribution >= 0.6 is 0 Å². The van der Waals surface area contributed by atoms with Crippen molar-refractivity contribution in [2.45, 2.75) is 13.3 Å². The molecule has 0 aliphatic carbocycles. The molecule has 0 saturated heterocycles. The fraction of sp³-hybridized carbons (Fsp3) is 0.500. The molecule has 4 nitrogen and oxygen atoms in total. The zero-order chi connectivity index (χ0) is 14.8. The van der Waals surface area contributed by atoms with Gasteiger partial charge in [-0.1, -0.05) is 6.08 Å². The lowest BCUT2D eigenvalue weighted by Crippen LogP contribution is -2.19. The Morgan fingerprint density at radius 1 is 1.15 bits per heavy atom. The van der Waals surface area contributed by atoms with E-state index in [4.69, 9.17) is 14.2 Å². The van der Waals surface area contributed by atoms with Crippen LogP contribution in [0.15, 0.2) is 24.3 Å². The van der Waals surface area contributed by atoms with E-state index in [1.54, 1.807) is 21.3 Å². The highest BCUT2D eigenvalue weighted by atomic mass is 16.5. The number of allylic oxidation sites excluding steroid dienone is 1. The van der Waals surface area contributed by atoms with Crippen LogP contribution in [0.25, 0.3) is 5.57 Å². The van der Waals surface area contributed by atoms with Gasteiger partial charge in [-0.3, -0.25) is 0 Å². The van der Waals surface area contributed by atoms with Gasteiger partial charge in [-0.2, -0.15) is 0 Å². The Labute approximate surface area is 121 Å². The van der Waals surface area contributed by atoms with Crippen molar-refractivity contribution in [3.05, 3.63) is 29.8 Å². The molecule has 1 rings (SSSR count). The van der Waals surface area contributed by atoms with Crippen molar-refractivity contribution < 1.29 is 14.2 Å². The van der Waals surface area contributed by atoms with Gasteiger partial charge in [0.1, 0.15) is 11.5 Å². The molecule has 0 fully saturated rings. The second-order valence-corrected chi connectivity index (χ2v) is 4.48. The number of hydrogen-bond acceptors (Lipinski definition) is 4. The van der Waals surface area contributed by atoms with Crippen molar-refractivity contribution in [2.24, 2.45) is 0 Å². The minimum absolute atomic E-state index is 0.745. The first kappa shape index (κ1) is 16.5. The van der Waals surface area contributed by atoms with Crippen LogP contribution in [0, 0.1) is 0 Å². The van der Waals surface area contributed by atoms with E-state index in [0.717, 1.165) is 43.2 Å². The fourth-order valence-corrected chi connectivity index (χ4v) is 1.92. The molecule has 0 spiro atoms. The topological polar surface area (TPSA) is 39.7 Å². The SMILES string of the molecule is COCCNCCC=C(C)c1ccc(OC)cc1OC. The molecule has 0 aromatic heterocycles. The summed E-state index contributed by atoms with van der Waals surface area (Å²) in [6, 6.07) is 5.89. The summed E-state index contributed by atoms with van der Waals surface area (Å²) < 4.78 is 15.6. The van der Waals surface area contributed by atoms with E-state index in [1.165, 1.54) is 5.57 Å². The largest absolute Gasteiger partial charge is 0.497 e. The molecule has 0 heterocycles. The molecule has 0 saturated carbocycles. The standard InChI is InChI=1S/C16H25NO3/c1-13(6-5-9-17-10-11-18-2)15-8-7-14(19-3)12-16(15)20-4/h6-8,12,17H,5,9-11H2,1-4H3. The monoisotopic (exact) mass is 279 g/mol. The van der Waals surface area contributed by atoms with Crippen LogP contribution < -0.4 is 14.8 Å². The van der Waals surface area contributed by atoms with E-state index in [1.807, 2.05) is 18.2 Å². The second-order valence-electron chi connectivity index (χ2n) is 4.48. The number of rotatable bonds is 9. The average molecular weight is 279 g/mol. The third-order valence-corrected chi connectivity index (χ3v) is 3.09. The molecule has 0 aliphatic rings. The lowest BCUT2D eigenvalue weighted by atomic mass is 10.0. The van der Waals surface area contributed by atoms with Crippen LogP contribution in [0.3, 0.4) is 0 Å². The first-order valence-corrected chi connectivity index (χ1v) is 6.81. The Hall–Kier alpha value is -1.52. The summed E-state index contributed by atoms with van der Waals surface area (Å²) in [5.74, 6) is 1.64. The number of benzene rings is 1. The van der Waals surface area contributed by atoms with Crippen molar-refractivity contribution >= 4 is 5.57 Å². The minimum Gasteiger partial charge on any atom is -0.497 e. The summed E-state index contributed by atoms with van der Waals surface area (Å²) >= 11 is 0. The van der Waals surface area contributed by atoms with E-state index >= 15 is 0 Å². The van der Waals surface area contributed by atoms with Gasteiger partial charge in [-0.15, -0.1) is 0 Å². The molecule has 20 heavy (non-hydrogen) atoms. The second kappa shape index (κ2) is 9.39. The van der Waals surface area contributed by atoms with Gasteiger partial charge in [0.2, 0.25) is 0 Å². The van der Waals surface area contributed by atoms with Gasteiger partial charge in [0.05, 0.1) is 20.8 Å². The maximum Gasteiger partial charge on any atom is 0.130 e. The van der Waals surface area contributed by atoms with Crippen molar-refractivity contribution in [3.63, 3.8) is 0 Å². The maximum absolute atomic E-state index is 5.42. The van der Waals surface area contributed by atoms with E-state index in [2.05, 4.69) is 18.3 Å². The number of ether oxygens (including phenoxy) is 3. The molecule has 112 valence electrons. The van der Waals surface area contributed by atoms with Crippen LogP contribution in [0.4, 0.5) is 0 Å². The summed E-state index contributed by atoms with van der Waals surface area (Å²) in [6.45, 7) is 4.67. The van der Waals surface area contributed by atoms with Gasteiger partial charge in [0.25, 0.3) is 0 Å². The molecule has 1 aromatic carbocycles. The summed E-state index contributed by atoms with van der Waals surface area (Å²) in [5, 5.41) is 3.32. The van der Waals surface area contributed by atoms with E-state index in [0.29, 0.717) is 0 Å². The molecule has 4 heteroatoms. The van der Waals surface area contributed by atoms with Crippen molar-refractivity contribution in [3.8, 4) is 11.5 Å². The molecule has 1 N–H and O–H groups in total. The third kappa shape index (κ3) is 5.23. The lowest BCUT2D eigenvalue weighted by Gasteiger charge is -2.11. The van der Waals surface area contributed by atoms with Gasteiger partial charge in [0.15, 0.2) is 0 Å².